The van der Waals surface area contributed by atoms with Crippen LogP contribution in [0.25, 0.3) is 0 Å². The summed E-state index contributed by atoms with van der Waals surface area (Å²) in [5.74, 6) is 5.69. The summed E-state index contributed by atoms with van der Waals surface area (Å²) in [7, 11) is 0. The second-order valence-electron chi connectivity index (χ2n) is 5.48. The van der Waals surface area contributed by atoms with Gasteiger partial charge in [-0.2, -0.15) is 0 Å². The third-order valence-electron chi connectivity index (χ3n) is 3.21. The molecule has 2 rings (SSSR count). The topological polar surface area (TPSA) is 64.4 Å². The molecule has 1 saturated heterocycles. The Kier molecular flexibility index (Phi) is 4.81. The minimum Gasteiger partial charge on any atom is -0.375 e. The highest BCUT2D eigenvalue weighted by molar-refractivity contribution is 7.10. The molecule has 0 aromatic carbocycles. The van der Waals surface area contributed by atoms with E-state index in [4.69, 9.17) is 10.5 Å². The number of thiophene rings is 1. The van der Waals surface area contributed by atoms with Gasteiger partial charge in [-0.05, 0) is 32.8 Å². The maximum atomic E-state index is 12.2. The molecule has 1 aromatic rings. The lowest BCUT2D eigenvalue weighted by molar-refractivity contribution is -0.0615. The highest BCUT2D eigenvalue weighted by Crippen LogP contribution is 2.24. The smallest absolute Gasteiger partial charge is 0.252 e. The SMILES string of the molecule is CC1(C)CC(NC(=O)c2csc(C#CCN)c2)CCO1. The zero-order valence-corrected chi connectivity index (χ0v) is 12.7. The van der Waals surface area contributed by atoms with E-state index >= 15 is 0 Å². The molecule has 5 heteroatoms. The van der Waals surface area contributed by atoms with Crippen molar-refractivity contribution in [1.29, 1.82) is 0 Å². The largest absolute Gasteiger partial charge is 0.375 e. The summed E-state index contributed by atoms with van der Waals surface area (Å²) in [5.41, 5.74) is 5.84. The molecule has 108 valence electrons. The molecule has 20 heavy (non-hydrogen) atoms. The lowest BCUT2D eigenvalue weighted by Gasteiger charge is -2.35. The van der Waals surface area contributed by atoms with Crippen molar-refractivity contribution in [2.24, 2.45) is 5.73 Å². The Morgan fingerprint density at radius 1 is 1.65 bits per heavy atom. The summed E-state index contributed by atoms with van der Waals surface area (Å²) >= 11 is 1.46. The van der Waals surface area contributed by atoms with E-state index in [9.17, 15) is 4.79 Å². The van der Waals surface area contributed by atoms with Crippen LogP contribution in [0.5, 0.6) is 0 Å². The van der Waals surface area contributed by atoms with Gasteiger partial charge in [0.05, 0.1) is 22.6 Å². The third-order valence-corrected chi connectivity index (χ3v) is 4.05. The summed E-state index contributed by atoms with van der Waals surface area (Å²) < 4.78 is 5.65. The van der Waals surface area contributed by atoms with Crippen LogP contribution in [0.2, 0.25) is 0 Å². The van der Waals surface area contributed by atoms with E-state index < -0.39 is 0 Å². The first-order valence-corrected chi connectivity index (χ1v) is 7.60. The van der Waals surface area contributed by atoms with E-state index in [1.807, 2.05) is 11.4 Å². The number of rotatable bonds is 2. The predicted molar refractivity (Wildman–Crippen MR) is 80.8 cm³/mol. The van der Waals surface area contributed by atoms with Crippen LogP contribution in [0, 0.1) is 11.8 Å². The van der Waals surface area contributed by atoms with Gasteiger partial charge in [-0.1, -0.05) is 11.8 Å². The van der Waals surface area contributed by atoms with Gasteiger partial charge < -0.3 is 15.8 Å². The van der Waals surface area contributed by atoms with Crippen LogP contribution in [-0.2, 0) is 4.74 Å². The lowest BCUT2D eigenvalue weighted by Crippen LogP contribution is -2.45. The van der Waals surface area contributed by atoms with Gasteiger partial charge in [-0.15, -0.1) is 11.3 Å². The average Bonchev–Trinajstić information content (AvgIpc) is 2.84. The summed E-state index contributed by atoms with van der Waals surface area (Å²) in [6.07, 6.45) is 1.70. The molecular weight excluding hydrogens is 272 g/mol. The molecule has 1 atom stereocenters. The van der Waals surface area contributed by atoms with E-state index in [-0.39, 0.29) is 17.6 Å². The molecule has 0 aliphatic carbocycles. The van der Waals surface area contributed by atoms with Crippen molar-refractivity contribution >= 4 is 17.2 Å². The molecule has 0 bridgehead atoms. The van der Waals surface area contributed by atoms with Crippen LogP contribution < -0.4 is 11.1 Å². The van der Waals surface area contributed by atoms with E-state index in [0.717, 1.165) is 17.7 Å². The molecule has 0 saturated carbocycles. The van der Waals surface area contributed by atoms with Crippen molar-refractivity contribution in [3.8, 4) is 11.8 Å². The van der Waals surface area contributed by atoms with Crippen LogP contribution in [-0.4, -0.2) is 30.7 Å². The monoisotopic (exact) mass is 292 g/mol. The highest BCUT2D eigenvalue weighted by atomic mass is 32.1. The molecule has 1 aliphatic rings. The minimum absolute atomic E-state index is 0.0373. The minimum atomic E-state index is -0.164. The Bertz CT molecular complexity index is 540. The van der Waals surface area contributed by atoms with Crippen molar-refractivity contribution in [3.05, 3.63) is 21.9 Å². The molecule has 1 amide bonds. The Balaban J connectivity index is 1.96. The first-order valence-electron chi connectivity index (χ1n) is 6.72. The van der Waals surface area contributed by atoms with Crippen LogP contribution in [0.3, 0.4) is 0 Å². The molecule has 0 radical (unpaired) electrons. The third kappa shape index (κ3) is 4.07. The fourth-order valence-electron chi connectivity index (χ4n) is 2.28. The Labute approximate surface area is 123 Å². The Morgan fingerprint density at radius 3 is 3.15 bits per heavy atom. The van der Waals surface area contributed by atoms with Gasteiger partial charge in [-0.25, -0.2) is 0 Å². The van der Waals surface area contributed by atoms with E-state index in [0.29, 0.717) is 18.7 Å². The summed E-state index contributed by atoms with van der Waals surface area (Å²) in [5, 5.41) is 4.91. The molecule has 1 aliphatic heterocycles. The van der Waals surface area contributed by atoms with Crippen LogP contribution in [0.4, 0.5) is 0 Å². The number of nitrogens with two attached hydrogens (primary N) is 1. The Morgan fingerprint density at radius 2 is 2.45 bits per heavy atom. The second-order valence-corrected chi connectivity index (χ2v) is 6.39. The van der Waals surface area contributed by atoms with Gasteiger partial charge in [0.2, 0.25) is 0 Å². The quantitative estimate of drug-likeness (QED) is 0.816. The molecule has 4 nitrogen and oxygen atoms in total. The molecule has 1 aromatic heterocycles. The fourth-order valence-corrected chi connectivity index (χ4v) is 3.04. The predicted octanol–water partition coefficient (Wildman–Crippen LogP) is 1.75. The van der Waals surface area contributed by atoms with Gasteiger partial charge in [0, 0.05) is 18.0 Å². The number of carbonyl (C=O) groups is 1. The maximum Gasteiger partial charge on any atom is 0.252 e. The lowest BCUT2D eigenvalue weighted by atomic mass is 9.94. The van der Waals surface area contributed by atoms with Crippen LogP contribution in [0.1, 0.15) is 41.9 Å². The number of ether oxygens (including phenoxy) is 1. The van der Waals surface area contributed by atoms with E-state index in [2.05, 4.69) is 31.0 Å². The standard InChI is InChI=1S/C15H20N2O2S/c1-15(2)9-12(5-7-19-15)17-14(18)11-8-13(20-10-11)4-3-6-16/h8,10,12H,5-7,9,16H2,1-2H3,(H,17,18). The number of hydrogen-bond donors (Lipinski definition) is 2. The molecule has 0 spiro atoms. The number of amides is 1. The zero-order chi connectivity index (χ0) is 14.6. The van der Waals surface area contributed by atoms with Gasteiger partial charge in [0.25, 0.3) is 5.91 Å². The van der Waals surface area contributed by atoms with Crippen LogP contribution >= 0.6 is 11.3 Å². The fraction of sp³-hybridized carbons (Fsp3) is 0.533. The van der Waals surface area contributed by atoms with Gasteiger partial charge in [-0.3, -0.25) is 4.79 Å². The number of hydrogen-bond acceptors (Lipinski definition) is 4. The van der Waals surface area contributed by atoms with Gasteiger partial charge >= 0.3 is 0 Å². The molecule has 2 heterocycles. The molecule has 3 N–H and O–H groups in total. The average molecular weight is 292 g/mol. The maximum absolute atomic E-state index is 12.2. The second kappa shape index (κ2) is 6.40. The van der Waals surface area contributed by atoms with Gasteiger partial charge in [0.15, 0.2) is 0 Å². The molecule has 1 unspecified atom stereocenters. The van der Waals surface area contributed by atoms with Crippen molar-refractivity contribution < 1.29 is 9.53 Å². The molecular formula is C15H20N2O2S. The summed E-state index contributed by atoms with van der Waals surface area (Å²) in [6.45, 7) is 5.12. The van der Waals surface area contributed by atoms with Gasteiger partial charge in [0.1, 0.15) is 0 Å². The van der Waals surface area contributed by atoms with E-state index in [1.165, 1.54) is 11.3 Å². The number of carbonyl (C=O) groups excluding carboxylic acids is 1. The highest BCUT2D eigenvalue weighted by Gasteiger charge is 2.29. The first kappa shape index (κ1) is 15.0. The first-order chi connectivity index (χ1) is 9.50. The number of nitrogens with one attached hydrogen (secondary N) is 1. The summed E-state index contributed by atoms with van der Waals surface area (Å²) in [4.78, 5) is 13.1. The normalized spacial score (nSPS) is 20.9. The molecule has 1 fully saturated rings. The van der Waals surface area contributed by atoms with Crippen molar-refractivity contribution in [2.75, 3.05) is 13.2 Å². The van der Waals surface area contributed by atoms with Crippen molar-refractivity contribution in [1.82, 2.24) is 5.32 Å². The van der Waals surface area contributed by atoms with Crippen molar-refractivity contribution in [3.63, 3.8) is 0 Å². The zero-order valence-electron chi connectivity index (χ0n) is 11.9. The Hall–Kier alpha value is -1.35. The van der Waals surface area contributed by atoms with Crippen LogP contribution in [0.15, 0.2) is 11.4 Å². The summed E-state index contributed by atoms with van der Waals surface area (Å²) in [6, 6.07) is 1.98. The van der Waals surface area contributed by atoms with E-state index in [1.54, 1.807) is 0 Å². The van der Waals surface area contributed by atoms with Crippen molar-refractivity contribution in [2.45, 2.75) is 38.3 Å².